The molecule has 0 saturated carbocycles. The monoisotopic (exact) mass is 280 g/mol. The fourth-order valence-electron chi connectivity index (χ4n) is 1.96. The summed E-state index contributed by atoms with van der Waals surface area (Å²) in [5.41, 5.74) is 0.939. The number of hydrogen-bond acceptors (Lipinski definition) is 5. The minimum Gasteiger partial charge on any atom is -0.436 e. The normalized spacial score (nSPS) is 10.5. The van der Waals surface area contributed by atoms with Gasteiger partial charge in [-0.25, -0.2) is 0 Å². The number of rotatable bonds is 5. The predicted octanol–water partition coefficient (Wildman–Crippen LogP) is 3.64. The molecule has 106 valence electrons. The highest BCUT2D eigenvalue weighted by Crippen LogP contribution is 2.22. The van der Waals surface area contributed by atoms with Crippen LogP contribution in [-0.2, 0) is 0 Å². The summed E-state index contributed by atoms with van der Waals surface area (Å²) in [6, 6.07) is 9.84. The van der Waals surface area contributed by atoms with Crippen LogP contribution in [0.15, 0.2) is 48.9 Å². The van der Waals surface area contributed by atoms with Crippen molar-refractivity contribution >= 4 is 16.7 Å². The van der Waals surface area contributed by atoms with Gasteiger partial charge in [-0.1, -0.05) is 25.1 Å². The third-order valence-corrected chi connectivity index (χ3v) is 2.96. The molecule has 0 amide bonds. The zero-order valence-corrected chi connectivity index (χ0v) is 11.8. The van der Waals surface area contributed by atoms with E-state index in [9.17, 15) is 0 Å². The fourth-order valence-corrected chi connectivity index (χ4v) is 1.96. The van der Waals surface area contributed by atoms with Gasteiger partial charge in [-0.3, -0.25) is 9.97 Å². The highest BCUT2D eigenvalue weighted by atomic mass is 16.5. The number of nitrogens with one attached hydrogen (secondary N) is 1. The standard InChI is InChI=1S/C16H16N4O/c1-2-7-18-15-10-17-11-16(20-15)21-13-8-12-5-3-4-6-14(12)19-9-13/h3-6,8-11H,2,7H2,1H3,(H,18,20). The number of nitrogens with zero attached hydrogens (tertiary/aromatic N) is 3. The topological polar surface area (TPSA) is 59.9 Å². The molecule has 0 fully saturated rings. The lowest BCUT2D eigenvalue weighted by Gasteiger charge is -2.07. The third kappa shape index (κ3) is 3.25. The third-order valence-electron chi connectivity index (χ3n) is 2.96. The number of anilines is 1. The lowest BCUT2D eigenvalue weighted by Crippen LogP contribution is -2.03. The predicted molar refractivity (Wildman–Crippen MR) is 82.6 cm³/mol. The summed E-state index contributed by atoms with van der Waals surface area (Å²) in [7, 11) is 0. The van der Waals surface area contributed by atoms with E-state index in [2.05, 4.69) is 27.2 Å². The molecule has 2 heterocycles. The molecule has 0 aliphatic carbocycles. The largest absolute Gasteiger partial charge is 0.436 e. The van der Waals surface area contributed by atoms with Crippen LogP contribution in [0, 0.1) is 0 Å². The van der Waals surface area contributed by atoms with Gasteiger partial charge in [-0.05, 0) is 18.6 Å². The summed E-state index contributed by atoms with van der Waals surface area (Å²) >= 11 is 0. The molecule has 3 aromatic rings. The first-order valence-electron chi connectivity index (χ1n) is 6.94. The van der Waals surface area contributed by atoms with Crippen LogP contribution in [0.4, 0.5) is 5.82 Å². The Kier molecular flexibility index (Phi) is 3.91. The Labute approximate surface area is 123 Å². The van der Waals surface area contributed by atoms with Gasteiger partial charge in [0.1, 0.15) is 11.6 Å². The van der Waals surface area contributed by atoms with Crippen LogP contribution in [0.3, 0.4) is 0 Å². The quantitative estimate of drug-likeness (QED) is 0.773. The molecule has 2 aromatic heterocycles. The van der Waals surface area contributed by atoms with Gasteiger partial charge in [0.25, 0.3) is 0 Å². The maximum absolute atomic E-state index is 5.73. The number of ether oxygens (including phenoxy) is 1. The van der Waals surface area contributed by atoms with Crippen molar-refractivity contribution in [3.8, 4) is 11.6 Å². The lowest BCUT2D eigenvalue weighted by molar-refractivity contribution is 0.459. The number of benzene rings is 1. The Morgan fingerprint density at radius 1 is 1.14 bits per heavy atom. The van der Waals surface area contributed by atoms with Gasteiger partial charge in [-0.2, -0.15) is 4.98 Å². The summed E-state index contributed by atoms with van der Waals surface area (Å²) in [5, 5.41) is 4.21. The van der Waals surface area contributed by atoms with E-state index in [0.29, 0.717) is 17.4 Å². The minimum absolute atomic E-state index is 0.452. The van der Waals surface area contributed by atoms with Crippen molar-refractivity contribution < 1.29 is 4.74 Å². The van der Waals surface area contributed by atoms with Gasteiger partial charge < -0.3 is 10.1 Å². The average Bonchev–Trinajstić information content (AvgIpc) is 2.53. The molecule has 0 bridgehead atoms. The van der Waals surface area contributed by atoms with E-state index in [-0.39, 0.29) is 0 Å². The summed E-state index contributed by atoms with van der Waals surface area (Å²) in [5.74, 6) is 1.81. The molecule has 0 radical (unpaired) electrons. The molecule has 1 N–H and O–H groups in total. The van der Waals surface area contributed by atoms with Crippen molar-refractivity contribution in [3.05, 3.63) is 48.9 Å². The van der Waals surface area contributed by atoms with Crippen molar-refractivity contribution in [1.29, 1.82) is 0 Å². The Balaban J connectivity index is 1.81. The van der Waals surface area contributed by atoms with Crippen LogP contribution in [-0.4, -0.2) is 21.5 Å². The first kappa shape index (κ1) is 13.3. The van der Waals surface area contributed by atoms with Crippen molar-refractivity contribution in [1.82, 2.24) is 15.0 Å². The van der Waals surface area contributed by atoms with Gasteiger partial charge in [0.15, 0.2) is 0 Å². The van der Waals surface area contributed by atoms with Gasteiger partial charge in [0.05, 0.1) is 24.1 Å². The average molecular weight is 280 g/mol. The van der Waals surface area contributed by atoms with E-state index in [1.807, 2.05) is 30.3 Å². The first-order chi connectivity index (χ1) is 10.3. The number of aromatic nitrogens is 3. The van der Waals surface area contributed by atoms with E-state index in [4.69, 9.17) is 4.74 Å². The number of fused-ring (bicyclic) bond motifs is 1. The van der Waals surface area contributed by atoms with E-state index in [1.54, 1.807) is 18.6 Å². The lowest BCUT2D eigenvalue weighted by atomic mass is 10.2. The molecule has 21 heavy (non-hydrogen) atoms. The van der Waals surface area contributed by atoms with E-state index >= 15 is 0 Å². The molecule has 0 spiro atoms. The van der Waals surface area contributed by atoms with Crippen molar-refractivity contribution in [2.24, 2.45) is 0 Å². The number of hydrogen-bond donors (Lipinski definition) is 1. The molecule has 0 atom stereocenters. The second-order valence-corrected chi connectivity index (χ2v) is 4.64. The Morgan fingerprint density at radius 3 is 2.95 bits per heavy atom. The summed E-state index contributed by atoms with van der Waals surface area (Å²) in [6.45, 7) is 2.96. The Bertz CT molecular complexity index is 745. The number of pyridine rings is 1. The highest BCUT2D eigenvalue weighted by Gasteiger charge is 2.03. The van der Waals surface area contributed by atoms with Gasteiger partial charge in [0, 0.05) is 11.9 Å². The molecule has 3 rings (SSSR count). The molecule has 1 aromatic carbocycles. The molecule has 0 unspecified atom stereocenters. The van der Waals surface area contributed by atoms with Crippen LogP contribution in [0.1, 0.15) is 13.3 Å². The maximum atomic E-state index is 5.73. The highest BCUT2D eigenvalue weighted by molar-refractivity contribution is 5.79. The van der Waals surface area contributed by atoms with Crippen LogP contribution >= 0.6 is 0 Å². The van der Waals surface area contributed by atoms with Gasteiger partial charge in [-0.15, -0.1) is 0 Å². The van der Waals surface area contributed by atoms with Crippen LogP contribution in [0.5, 0.6) is 11.6 Å². The molecule has 5 nitrogen and oxygen atoms in total. The van der Waals surface area contributed by atoms with Crippen LogP contribution < -0.4 is 10.1 Å². The van der Waals surface area contributed by atoms with Crippen LogP contribution in [0.2, 0.25) is 0 Å². The summed E-state index contributed by atoms with van der Waals surface area (Å²) < 4.78 is 5.73. The van der Waals surface area contributed by atoms with Crippen molar-refractivity contribution in [2.45, 2.75) is 13.3 Å². The fraction of sp³-hybridized carbons (Fsp3) is 0.188. The smallest absolute Gasteiger partial charge is 0.239 e. The molecule has 5 heteroatoms. The maximum Gasteiger partial charge on any atom is 0.239 e. The summed E-state index contributed by atoms with van der Waals surface area (Å²) in [6.07, 6.45) is 5.99. The molecular weight excluding hydrogens is 264 g/mol. The van der Waals surface area contributed by atoms with Crippen LogP contribution in [0.25, 0.3) is 10.9 Å². The Hall–Kier alpha value is -2.69. The van der Waals surface area contributed by atoms with E-state index < -0.39 is 0 Å². The van der Waals surface area contributed by atoms with Crippen molar-refractivity contribution in [3.63, 3.8) is 0 Å². The molecular formula is C16H16N4O. The van der Waals surface area contributed by atoms with E-state index in [1.165, 1.54) is 0 Å². The molecule has 0 aliphatic heterocycles. The first-order valence-corrected chi connectivity index (χ1v) is 6.94. The Morgan fingerprint density at radius 2 is 2.05 bits per heavy atom. The second-order valence-electron chi connectivity index (χ2n) is 4.64. The summed E-state index contributed by atoms with van der Waals surface area (Å²) in [4.78, 5) is 12.8. The SMILES string of the molecule is CCCNc1cncc(Oc2cnc3ccccc3c2)n1. The number of para-hydroxylation sites is 1. The van der Waals surface area contributed by atoms with Crippen molar-refractivity contribution in [2.75, 3.05) is 11.9 Å². The zero-order valence-electron chi connectivity index (χ0n) is 11.8. The molecule has 0 aliphatic rings. The van der Waals surface area contributed by atoms with Gasteiger partial charge in [0.2, 0.25) is 5.88 Å². The second kappa shape index (κ2) is 6.17. The van der Waals surface area contributed by atoms with E-state index in [0.717, 1.165) is 23.9 Å². The minimum atomic E-state index is 0.452. The zero-order chi connectivity index (χ0) is 14.5. The molecule has 0 saturated heterocycles. The van der Waals surface area contributed by atoms with Gasteiger partial charge >= 0.3 is 0 Å².